The van der Waals surface area contributed by atoms with Gasteiger partial charge in [0.15, 0.2) is 0 Å². The number of anilines is 2. The number of rotatable bonds is 4. The van der Waals surface area contributed by atoms with Crippen molar-refractivity contribution in [2.75, 3.05) is 9.80 Å². The van der Waals surface area contributed by atoms with Gasteiger partial charge in [0.1, 0.15) is 11.6 Å². The van der Waals surface area contributed by atoms with Crippen molar-refractivity contribution in [3.63, 3.8) is 0 Å². The van der Waals surface area contributed by atoms with E-state index in [-0.39, 0.29) is 35.5 Å². The first-order valence-corrected chi connectivity index (χ1v) is 10.6. The third-order valence-corrected chi connectivity index (χ3v) is 6.23. The van der Waals surface area contributed by atoms with Crippen LogP contribution in [0.15, 0.2) is 36.4 Å². The van der Waals surface area contributed by atoms with Crippen LogP contribution in [0.2, 0.25) is 0 Å². The number of nitriles is 1. The number of carbonyl (C=O) groups is 2. The summed E-state index contributed by atoms with van der Waals surface area (Å²) >= 11 is 0. The Kier molecular flexibility index (Phi) is 5.87. The van der Waals surface area contributed by atoms with Crippen LogP contribution in [0.1, 0.15) is 49.3 Å². The molecule has 2 fully saturated rings. The minimum absolute atomic E-state index is 0.0550. The standard InChI is InChI=1S/C24H21F4N3O2/c1-14(32)10-15-6-8-18(12-20(15)25)31-22-5-3-2-4-21(22)30(23(31)33)17-9-7-16(13-29)19(11-17)24(26,27)28/h6-9,11-12,21-22H,2-5,10H2,1H3/t21-,22-/m0/s1. The Labute approximate surface area is 188 Å². The van der Waals surface area contributed by atoms with Gasteiger partial charge in [-0.15, -0.1) is 0 Å². The van der Waals surface area contributed by atoms with Crippen LogP contribution in [0, 0.1) is 17.1 Å². The van der Waals surface area contributed by atoms with Crippen LogP contribution in [-0.2, 0) is 17.4 Å². The van der Waals surface area contributed by atoms with Crippen LogP contribution in [0.5, 0.6) is 0 Å². The molecule has 0 bridgehead atoms. The third-order valence-electron chi connectivity index (χ3n) is 6.23. The van der Waals surface area contributed by atoms with Gasteiger partial charge in [-0.05, 0) is 55.7 Å². The van der Waals surface area contributed by atoms with Crippen LogP contribution in [0.3, 0.4) is 0 Å². The summed E-state index contributed by atoms with van der Waals surface area (Å²) in [6.45, 7) is 1.36. The van der Waals surface area contributed by atoms with Crippen molar-refractivity contribution in [1.82, 2.24) is 0 Å². The molecule has 2 aromatic carbocycles. The van der Waals surface area contributed by atoms with Crippen LogP contribution in [-0.4, -0.2) is 23.9 Å². The number of benzene rings is 2. The third kappa shape index (κ3) is 4.17. The molecule has 1 saturated heterocycles. The summed E-state index contributed by atoms with van der Waals surface area (Å²) < 4.78 is 55.2. The van der Waals surface area contributed by atoms with Crippen molar-refractivity contribution in [3.05, 3.63) is 58.9 Å². The van der Waals surface area contributed by atoms with Crippen molar-refractivity contribution in [2.24, 2.45) is 0 Å². The van der Waals surface area contributed by atoms with Crippen molar-refractivity contribution >= 4 is 23.2 Å². The smallest absolute Gasteiger partial charge is 0.300 e. The number of fused-ring (bicyclic) bond motifs is 1. The molecular formula is C24H21F4N3O2. The number of amides is 2. The fourth-order valence-corrected chi connectivity index (χ4v) is 4.81. The Morgan fingerprint density at radius 2 is 1.64 bits per heavy atom. The highest BCUT2D eigenvalue weighted by atomic mass is 19.4. The zero-order valence-electron chi connectivity index (χ0n) is 17.8. The second kappa shape index (κ2) is 8.50. The SMILES string of the molecule is CC(=O)Cc1ccc(N2C(=O)N(c3ccc(C#N)c(C(F)(F)F)c3)[C@H]3CCCC[C@@H]32)cc1F. The lowest BCUT2D eigenvalue weighted by molar-refractivity contribution is -0.137. The Bertz CT molecular complexity index is 1160. The number of hydrogen-bond acceptors (Lipinski definition) is 3. The van der Waals surface area contributed by atoms with E-state index in [9.17, 15) is 27.2 Å². The van der Waals surface area contributed by atoms with E-state index in [1.807, 2.05) is 0 Å². The van der Waals surface area contributed by atoms with E-state index >= 15 is 0 Å². The summed E-state index contributed by atoms with van der Waals surface area (Å²) in [5.74, 6) is -0.808. The summed E-state index contributed by atoms with van der Waals surface area (Å²) in [6, 6.07) is 7.79. The fraction of sp³-hybridized carbons (Fsp3) is 0.375. The number of ketones is 1. The number of Topliss-reactive ketones (excluding diaryl/α,β-unsaturated/α-hetero) is 1. The zero-order valence-corrected chi connectivity index (χ0v) is 17.8. The molecule has 2 atom stereocenters. The monoisotopic (exact) mass is 459 g/mol. The van der Waals surface area contributed by atoms with E-state index in [0.717, 1.165) is 25.0 Å². The van der Waals surface area contributed by atoms with Gasteiger partial charge in [-0.1, -0.05) is 18.9 Å². The molecule has 1 saturated carbocycles. The molecule has 2 aromatic rings. The van der Waals surface area contributed by atoms with Gasteiger partial charge in [-0.2, -0.15) is 18.4 Å². The average molecular weight is 459 g/mol. The maximum atomic E-state index is 14.6. The van der Waals surface area contributed by atoms with Gasteiger partial charge >= 0.3 is 12.2 Å². The van der Waals surface area contributed by atoms with Gasteiger partial charge in [-0.25, -0.2) is 9.18 Å². The van der Waals surface area contributed by atoms with E-state index in [2.05, 4.69) is 0 Å². The first-order chi connectivity index (χ1) is 15.6. The molecule has 2 aliphatic rings. The Hall–Kier alpha value is -3.41. The normalized spacial score (nSPS) is 20.5. The molecule has 0 unspecified atom stereocenters. The number of alkyl halides is 3. The van der Waals surface area contributed by atoms with Crippen molar-refractivity contribution in [1.29, 1.82) is 5.26 Å². The molecule has 1 aliphatic heterocycles. The van der Waals surface area contributed by atoms with Gasteiger partial charge in [0, 0.05) is 17.8 Å². The van der Waals surface area contributed by atoms with Crippen molar-refractivity contribution < 1.29 is 27.2 Å². The summed E-state index contributed by atoms with van der Waals surface area (Å²) in [6.07, 6.45) is -1.93. The lowest BCUT2D eigenvalue weighted by Crippen LogP contribution is -2.40. The minimum atomic E-state index is -4.74. The van der Waals surface area contributed by atoms with E-state index in [4.69, 9.17) is 5.26 Å². The van der Waals surface area contributed by atoms with Gasteiger partial charge in [-0.3, -0.25) is 14.6 Å². The van der Waals surface area contributed by atoms with E-state index in [1.54, 1.807) is 12.1 Å². The minimum Gasteiger partial charge on any atom is -0.300 e. The first-order valence-electron chi connectivity index (χ1n) is 10.6. The molecule has 33 heavy (non-hydrogen) atoms. The van der Waals surface area contributed by atoms with Crippen LogP contribution >= 0.6 is 0 Å². The van der Waals surface area contributed by atoms with E-state index < -0.39 is 29.2 Å². The Morgan fingerprint density at radius 3 is 2.15 bits per heavy atom. The molecule has 0 N–H and O–H groups in total. The molecule has 5 nitrogen and oxygen atoms in total. The number of carbonyl (C=O) groups excluding carboxylic acids is 2. The lowest BCUT2D eigenvalue weighted by atomic mass is 9.89. The summed E-state index contributed by atoms with van der Waals surface area (Å²) in [5, 5.41) is 9.08. The molecule has 9 heteroatoms. The van der Waals surface area contributed by atoms with Gasteiger partial charge in [0.25, 0.3) is 0 Å². The van der Waals surface area contributed by atoms with E-state index in [1.165, 1.54) is 34.9 Å². The zero-order chi connectivity index (χ0) is 23.9. The highest BCUT2D eigenvalue weighted by molar-refractivity contribution is 6.07. The molecule has 2 amide bonds. The van der Waals surface area contributed by atoms with Crippen LogP contribution < -0.4 is 9.80 Å². The Morgan fingerprint density at radius 1 is 1.06 bits per heavy atom. The van der Waals surface area contributed by atoms with Crippen molar-refractivity contribution in [3.8, 4) is 6.07 Å². The Balaban J connectivity index is 1.75. The predicted octanol–water partition coefficient (Wildman–Crippen LogP) is 5.61. The molecule has 1 aliphatic carbocycles. The molecular weight excluding hydrogens is 438 g/mol. The van der Waals surface area contributed by atoms with Gasteiger partial charge in [0.2, 0.25) is 0 Å². The summed E-state index contributed by atoms with van der Waals surface area (Å²) in [4.78, 5) is 27.6. The summed E-state index contributed by atoms with van der Waals surface area (Å²) in [7, 11) is 0. The number of urea groups is 1. The number of hydrogen-bond donors (Lipinski definition) is 0. The molecule has 172 valence electrons. The van der Waals surface area contributed by atoms with Gasteiger partial charge in [0.05, 0.1) is 29.3 Å². The molecule has 0 radical (unpaired) electrons. The highest BCUT2D eigenvalue weighted by Crippen LogP contribution is 2.42. The average Bonchev–Trinajstić information content (AvgIpc) is 3.05. The fourth-order valence-electron chi connectivity index (χ4n) is 4.81. The number of halogens is 4. The van der Waals surface area contributed by atoms with Gasteiger partial charge < -0.3 is 0 Å². The largest absolute Gasteiger partial charge is 0.417 e. The van der Waals surface area contributed by atoms with Crippen LogP contribution in [0.4, 0.5) is 33.7 Å². The van der Waals surface area contributed by atoms with E-state index in [0.29, 0.717) is 18.5 Å². The van der Waals surface area contributed by atoms with Crippen LogP contribution in [0.25, 0.3) is 0 Å². The second-order valence-electron chi connectivity index (χ2n) is 8.44. The maximum absolute atomic E-state index is 14.6. The quantitative estimate of drug-likeness (QED) is 0.559. The molecule has 1 heterocycles. The predicted molar refractivity (Wildman–Crippen MR) is 113 cm³/mol. The second-order valence-corrected chi connectivity index (χ2v) is 8.44. The first kappa shape index (κ1) is 22.8. The molecule has 0 spiro atoms. The van der Waals surface area contributed by atoms with Crippen molar-refractivity contribution in [2.45, 2.75) is 57.3 Å². The molecule has 0 aromatic heterocycles. The lowest BCUT2D eigenvalue weighted by Gasteiger charge is -2.32. The number of nitrogens with zero attached hydrogens (tertiary/aromatic N) is 3. The maximum Gasteiger partial charge on any atom is 0.417 e. The topological polar surface area (TPSA) is 64.4 Å². The summed E-state index contributed by atoms with van der Waals surface area (Å²) in [5.41, 5.74) is -1.04. The molecule has 4 rings (SSSR count). The highest BCUT2D eigenvalue weighted by Gasteiger charge is 2.48.